The van der Waals surface area contributed by atoms with Gasteiger partial charge in [0.2, 0.25) is 0 Å². The molecule has 0 bridgehead atoms. The van der Waals surface area contributed by atoms with Crippen molar-refractivity contribution in [3.8, 4) is 16.8 Å². The smallest absolute Gasteiger partial charge is 0.0541 e. The maximum absolute atomic E-state index is 2.51. The first-order valence-corrected chi connectivity index (χ1v) is 19.4. The molecule has 9 aromatic rings. The molecule has 2 aliphatic rings. The largest absolute Gasteiger partial charge is 0.309 e. The summed E-state index contributed by atoms with van der Waals surface area (Å²) in [6, 6.07) is 56.8. The average molecular weight is 692 g/mol. The van der Waals surface area contributed by atoms with Crippen molar-refractivity contribution in [2.24, 2.45) is 11.8 Å². The van der Waals surface area contributed by atoms with Crippen LogP contribution in [0.25, 0.3) is 82.1 Å². The molecule has 258 valence electrons. The van der Waals surface area contributed by atoms with Gasteiger partial charge in [-0.25, -0.2) is 0 Å². The molecule has 0 fully saturated rings. The average Bonchev–Trinajstić information content (AvgIpc) is 3.66. The first-order valence-electron chi connectivity index (χ1n) is 19.4. The molecule has 0 saturated carbocycles. The van der Waals surface area contributed by atoms with Crippen molar-refractivity contribution in [1.82, 2.24) is 4.57 Å². The second-order valence-corrected chi connectivity index (χ2v) is 16.2. The van der Waals surface area contributed by atoms with Gasteiger partial charge in [0.1, 0.15) is 0 Å². The number of rotatable bonds is 3. The van der Waals surface area contributed by atoms with Crippen molar-refractivity contribution >= 4 is 65.3 Å². The minimum atomic E-state index is -0.125. The lowest BCUT2D eigenvalue weighted by Crippen LogP contribution is -2.16. The number of benzene rings is 8. The van der Waals surface area contributed by atoms with Gasteiger partial charge in [-0.05, 0) is 137 Å². The van der Waals surface area contributed by atoms with Crippen LogP contribution in [0.4, 0.5) is 0 Å². The lowest BCUT2D eigenvalue weighted by atomic mass is 9.76. The maximum Gasteiger partial charge on any atom is 0.0541 e. The predicted octanol–water partition coefficient (Wildman–Crippen LogP) is 14.3. The third-order valence-corrected chi connectivity index (χ3v) is 12.9. The maximum atomic E-state index is 2.51. The Bertz CT molecular complexity index is 3090. The zero-order valence-electron chi connectivity index (χ0n) is 31.2. The van der Waals surface area contributed by atoms with Crippen LogP contribution in [0.2, 0.25) is 0 Å². The number of hydrogen-bond acceptors (Lipinski definition) is 0. The van der Waals surface area contributed by atoms with E-state index in [0.717, 1.165) is 0 Å². The van der Waals surface area contributed by atoms with Gasteiger partial charge < -0.3 is 4.57 Å². The summed E-state index contributed by atoms with van der Waals surface area (Å²) in [5.41, 5.74) is 14.4. The molecule has 0 aliphatic heterocycles. The Labute approximate surface area is 316 Å². The normalized spacial score (nSPS) is 17.6. The summed E-state index contributed by atoms with van der Waals surface area (Å²) in [6.45, 7) is 9.60. The fourth-order valence-corrected chi connectivity index (χ4v) is 9.90. The molecule has 0 radical (unpaired) electrons. The van der Waals surface area contributed by atoms with E-state index in [0.29, 0.717) is 11.8 Å². The van der Waals surface area contributed by atoms with Gasteiger partial charge in [0.15, 0.2) is 0 Å². The van der Waals surface area contributed by atoms with Gasteiger partial charge in [-0.1, -0.05) is 143 Å². The van der Waals surface area contributed by atoms with Crippen molar-refractivity contribution in [3.05, 3.63) is 186 Å². The first-order chi connectivity index (χ1) is 26.4. The molecule has 1 aromatic heterocycles. The molecule has 2 atom stereocenters. The molecule has 1 heterocycles. The van der Waals surface area contributed by atoms with Crippen molar-refractivity contribution in [2.45, 2.75) is 33.1 Å². The Hall–Kier alpha value is -6.18. The van der Waals surface area contributed by atoms with Crippen LogP contribution in [0.15, 0.2) is 164 Å². The Morgan fingerprint density at radius 2 is 1.04 bits per heavy atom. The van der Waals surface area contributed by atoms with Crippen molar-refractivity contribution in [3.63, 3.8) is 0 Å². The summed E-state index contributed by atoms with van der Waals surface area (Å²) >= 11 is 0. The van der Waals surface area contributed by atoms with Gasteiger partial charge >= 0.3 is 0 Å². The number of hydrogen-bond donors (Lipinski definition) is 0. The molecular formula is C53H41N. The third-order valence-electron chi connectivity index (χ3n) is 12.9. The van der Waals surface area contributed by atoms with Crippen molar-refractivity contribution in [2.75, 3.05) is 0 Å². The Morgan fingerprint density at radius 1 is 0.463 bits per heavy atom. The molecule has 54 heavy (non-hydrogen) atoms. The van der Waals surface area contributed by atoms with E-state index in [-0.39, 0.29) is 5.41 Å². The summed E-state index contributed by atoms with van der Waals surface area (Å²) in [4.78, 5) is 0. The zero-order valence-corrected chi connectivity index (χ0v) is 31.2. The first kappa shape index (κ1) is 31.4. The van der Waals surface area contributed by atoms with Crippen LogP contribution in [-0.2, 0) is 5.41 Å². The Morgan fingerprint density at radius 3 is 1.76 bits per heavy atom. The fourth-order valence-electron chi connectivity index (χ4n) is 9.90. The van der Waals surface area contributed by atoms with Crippen LogP contribution in [0.3, 0.4) is 0 Å². The van der Waals surface area contributed by atoms with E-state index in [4.69, 9.17) is 0 Å². The van der Waals surface area contributed by atoms with Gasteiger partial charge in [-0.3, -0.25) is 0 Å². The topological polar surface area (TPSA) is 4.93 Å². The molecular weight excluding hydrogens is 651 g/mol. The second-order valence-electron chi connectivity index (χ2n) is 16.2. The number of aromatic nitrogens is 1. The number of nitrogens with zero attached hydrogens (tertiary/aromatic N) is 1. The molecule has 1 heteroatoms. The highest BCUT2D eigenvalue weighted by Crippen LogP contribution is 2.52. The van der Waals surface area contributed by atoms with E-state index in [1.807, 2.05) is 0 Å². The van der Waals surface area contributed by atoms with E-state index < -0.39 is 0 Å². The van der Waals surface area contributed by atoms with Gasteiger partial charge in [0.05, 0.1) is 11.0 Å². The molecule has 8 aromatic carbocycles. The molecule has 0 spiro atoms. The van der Waals surface area contributed by atoms with Crippen LogP contribution in [0.1, 0.15) is 49.9 Å². The summed E-state index contributed by atoms with van der Waals surface area (Å²) in [7, 11) is 0. The van der Waals surface area contributed by atoms with Crippen LogP contribution < -0.4 is 0 Å². The minimum Gasteiger partial charge on any atom is -0.309 e. The molecule has 2 aliphatic carbocycles. The Balaban J connectivity index is 1.04. The van der Waals surface area contributed by atoms with Gasteiger partial charge in [0.25, 0.3) is 0 Å². The summed E-state index contributed by atoms with van der Waals surface area (Å²) in [5.74, 6) is 0.813. The highest BCUT2D eigenvalue weighted by Gasteiger charge is 2.36. The molecule has 2 unspecified atom stereocenters. The number of allylic oxidation sites excluding steroid dienone is 4. The second kappa shape index (κ2) is 11.4. The summed E-state index contributed by atoms with van der Waals surface area (Å²) in [5, 5.41) is 10.6. The van der Waals surface area contributed by atoms with E-state index in [1.54, 1.807) is 0 Å². The predicted molar refractivity (Wildman–Crippen MR) is 232 cm³/mol. The van der Waals surface area contributed by atoms with Gasteiger partial charge in [-0.15, -0.1) is 0 Å². The SMILES string of the molecule is CC1C=C(c2ccc3c(c2)C(C)(C)c2cc4c5ccccc5c5ccccc5c4cc2-3)C=C(c2ccc3c(c2)c2ccccc2n3-c2ccccc2)C1C. The summed E-state index contributed by atoms with van der Waals surface area (Å²) < 4.78 is 2.40. The van der Waals surface area contributed by atoms with E-state index >= 15 is 0 Å². The third kappa shape index (κ3) is 4.39. The van der Waals surface area contributed by atoms with Crippen LogP contribution in [-0.4, -0.2) is 4.57 Å². The highest BCUT2D eigenvalue weighted by molar-refractivity contribution is 6.26. The number of para-hydroxylation sites is 2. The fraction of sp³-hybridized carbons (Fsp3) is 0.132. The van der Waals surface area contributed by atoms with Crippen molar-refractivity contribution < 1.29 is 0 Å². The Kier molecular flexibility index (Phi) is 6.62. The van der Waals surface area contributed by atoms with E-state index in [9.17, 15) is 0 Å². The molecule has 1 nitrogen and oxygen atoms in total. The van der Waals surface area contributed by atoms with Gasteiger partial charge in [0, 0.05) is 21.9 Å². The molecule has 0 saturated heterocycles. The lowest BCUT2D eigenvalue weighted by molar-refractivity contribution is 0.570. The van der Waals surface area contributed by atoms with E-state index in [2.05, 4.69) is 196 Å². The van der Waals surface area contributed by atoms with E-state index in [1.165, 1.54) is 104 Å². The van der Waals surface area contributed by atoms with Gasteiger partial charge in [-0.2, -0.15) is 0 Å². The quantitative estimate of drug-likeness (QED) is 0.163. The minimum absolute atomic E-state index is 0.125. The lowest BCUT2D eigenvalue weighted by Gasteiger charge is -2.28. The van der Waals surface area contributed by atoms with Crippen molar-refractivity contribution in [1.29, 1.82) is 0 Å². The van der Waals surface area contributed by atoms with Crippen LogP contribution >= 0.6 is 0 Å². The molecule has 11 rings (SSSR count). The van der Waals surface area contributed by atoms with Crippen LogP contribution in [0, 0.1) is 11.8 Å². The number of fused-ring (bicyclic) bond motifs is 12. The molecule has 0 amide bonds. The molecule has 0 N–H and O–H groups in total. The highest BCUT2D eigenvalue weighted by atomic mass is 15.0. The van der Waals surface area contributed by atoms with Crippen LogP contribution in [0.5, 0.6) is 0 Å². The standard InChI is InChI=1S/C53H41N/c1-32-26-36(28-44(33(32)2)35-23-25-52-48(27-35)43-20-12-13-21-51(43)54(52)37-14-6-5-7-15-37)34-22-24-42-47-30-45-40-18-10-8-16-38(40)39-17-9-11-19-41(39)46(45)31-50(47)53(3,4)49(42)29-34/h5-33H,1-4H3. The monoisotopic (exact) mass is 691 g/mol. The summed E-state index contributed by atoms with van der Waals surface area (Å²) in [6.07, 6.45) is 4.98. The zero-order chi connectivity index (χ0) is 36.3.